The third-order valence-electron chi connectivity index (χ3n) is 3.62. The summed E-state index contributed by atoms with van der Waals surface area (Å²) in [6.07, 6.45) is 3.07. The fraction of sp³-hybridized carbons (Fsp3) is 0.533. The summed E-state index contributed by atoms with van der Waals surface area (Å²) in [4.78, 5) is 11.8. The standard InChI is InChI=1S/C15H22N2O/c1-12(13-6-3-2-4-7-13)9-11-17-15(18)14-8-5-10-16-14/h2-4,6-7,12,14,16H,5,8-11H2,1H3,(H,17,18). The van der Waals surface area contributed by atoms with Crippen LogP contribution >= 0.6 is 0 Å². The first-order chi connectivity index (χ1) is 8.77. The minimum atomic E-state index is 0.0389. The van der Waals surface area contributed by atoms with Gasteiger partial charge in [-0.3, -0.25) is 4.79 Å². The normalized spacial score (nSPS) is 20.6. The second-order valence-electron chi connectivity index (χ2n) is 5.04. The van der Waals surface area contributed by atoms with E-state index in [-0.39, 0.29) is 11.9 Å². The van der Waals surface area contributed by atoms with Crippen molar-refractivity contribution in [3.63, 3.8) is 0 Å². The van der Waals surface area contributed by atoms with Crippen molar-refractivity contribution in [3.05, 3.63) is 35.9 Å². The summed E-state index contributed by atoms with van der Waals surface area (Å²) < 4.78 is 0. The van der Waals surface area contributed by atoms with Crippen LogP contribution in [0.4, 0.5) is 0 Å². The van der Waals surface area contributed by atoms with Crippen molar-refractivity contribution in [2.45, 2.75) is 38.1 Å². The van der Waals surface area contributed by atoms with Crippen molar-refractivity contribution in [3.8, 4) is 0 Å². The van der Waals surface area contributed by atoms with Crippen LogP contribution in [-0.2, 0) is 4.79 Å². The molecule has 18 heavy (non-hydrogen) atoms. The molecule has 0 saturated carbocycles. The number of nitrogens with one attached hydrogen (secondary N) is 2. The predicted octanol–water partition coefficient (Wildman–Crippen LogP) is 2.05. The SMILES string of the molecule is CC(CCNC(=O)C1CCCN1)c1ccccc1. The van der Waals surface area contributed by atoms with E-state index in [1.165, 1.54) is 5.56 Å². The lowest BCUT2D eigenvalue weighted by molar-refractivity contribution is -0.122. The molecule has 1 saturated heterocycles. The molecular weight excluding hydrogens is 224 g/mol. The van der Waals surface area contributed by atoms with Crippen LogP contribution in [0.1, 0.15) is 37.7 Å². The Balaban J connectivity index is 1.70. The van der Waals surface area contributed by atoms with Crippen LogP contribution < -0.4 is 10.6 Å². The Kier molecular flexibility index (Phi) is 4.76. The minimum absolute atomic E-state index is 0.0389. The molecule has 0 aliphatic carbocycles. The van der Waals surface area contributed by atoms with E-state index in [1.54, 1.807) is 0 Å². The quantitative estimate of drug-likeness (QED) is 0.835. The van der Waals surface area contributed by atoms with Crippen molar-refractivity contribution in [1.82, 2.24) is 10.6 Å². The molecule has 0 radical (unpaired) electrons. The van der Waals surface area contributed by atoms with Gasteiger partial charge in [-0.05, 0) is 37.3 Å². The molecule has 1 fully saturated rings. The fourth-order valence-corrected chi connectivity index (χ4v) is 2.39. The van der Waals surface area contributed by atoms with Crippen molar-refractivity contribution in [2.75, 3.05) is 13.1 Å². The maximum atomic E-state index is 11.8. The molecule has 1 aliphatic heterocycles. The molecule has 0 aromatic heterocycles. The van der Waals surface area contributed by atoms with Crippen LogP contribution in [0.2, 0.25) is 0 Å². The van der Waals surface area contributed by atoms with E-state index in [2.05, 4.69) is 41.8 Å². The first kappa shape index (κ1) is 13.1. The predicted molar refractivity (Wildman–Crippen MR) is 73.5 cm³/mol. The number of carbonyl (C=O) groups excluding carboxylic acids is 1. The number of carbonyl (C=O) groups is 1. The Labute approximate surface area is 109 Å². The third-order valence-corrected chi connectivity index (χ3v) is 3.62. The molecule has 2 N–H and O–H groups in total. The second-order valence-corrected chi connectivity index (χ2v) is 5.04. The van der Waals surface area contributed by atoms with Gasteiger partial charge in [0.25, 0.3) is 0 Å². The lowest BCUT2D eigenvalue weighted by Crippen LogP contribution is -2.40. The summed E-state index contributed by atoms with van der Waals surface area (Å²) in [6.45, 7) is 3.93. The minimum Gasteiger partial charge on any atom is -0.355 e. The largest absolute Gasteiger partial charge is 0.355 e. The number of hydrogen-bond donors (Lipinski definition) is 2. The van der Waals surface area contributed by atoms with Gasteiger partial charge in [0.05, 0.1) is 6.04 Å². The zero-order valence-corrected chi connectivity index (χ0v) is 11.0. The van der Waals surface area contributed by atoms with Gasteiger partial charge in [-0.15, -0.1) is 0 Å². The van der Waals surface area contributed by atoms with Crippen LogP contribution in [0.3, 0.4) is 0 Å². The molecular formula is C15H22N2O. The summed E-state index contributed by atoms with van der Waals surface area (Å²) in [6, 6.07) is 10.5. The molecule has 0 spiro atoms. The summed E-state index contributed by atoms with van der Waals surface area (Å²) in [5.41, 5.74) is 1.34. The Morgan fingerprint density at radius 1 is 1.44 bits per heavy atom. The summed E-state index contributed by atoms with van der Waals surface area (Å²) in [5.74, 6) is 0.649. The first-order valence-corrected chi connectivity index (χ1v) is 6.83. The Bertz CT molecular complexity index is 371. The van der Waals surface area contributed by atoms with E-state index in [9.17, 15) is 4.79 Å². The van der Waals surface area contributed by atoms with Crippen LogP contribution in [0.5, 0.6) is 0 Å². The Morgan fingerprint density at radius 2 is 2.22 bits per heavy atom. The summed E-state index contributed by atoms with van der Waals surface area (Å²) in [7, 11) is 0. The van der Waals surface area contributed by atoms with Gasteiger partial charge < -0.3 is 10.6 Å². The number of rotatable bonds is 5. The molecule has 3 heteroatoms. The molecule has 2 atom stereocenters. The Morgan fingerprint density at radius 3 is 2.89 bits per heavy atom. The zero-order valence-electron chi connectivity index (χ0n) is 11.0. The smallest absolute Gasteiger partial charge is 0.237 e. The molecule has 1 amide bonds. The number of hydrogen-bond acceptors (Lipinski definition) is 2. The van der Waals surface area contributed by atoms with E-state index in [0.717, 1.165) is 32.4 Å². The highest BCUT2D eigenvalue weighted by atomic mass is 16.2. The van der Waals surface area contributed by atoms with E-state index < -0.39 is 0 Å². The van der Waals surface area contributed by atoms with Gasteiger partial charge in [0.15, 0.2) is 0 Å². The molecule has 1 aromatic carbocycles. The average molecular weight is 246 g/mol. The monoisotopic (exact) mass is 246 g/mol. The van der Waals surface area contributed by atoms with Gasteiger partial charge >= 0.3 is 0 Å². The molecule has 2 unspecified atom stereocenters. The van der Waals surface area contributed by atoms with Gasteiger partial charge in [-0.25, -0.2) is 0 Å². The maximum Gasteiger partial charge on any atom is 0.237 e. The summed E-state index contributed by atoms with van der Waals surface area (Å²) >= 11 is 0. The van der Waals surface area contributed by atoms with E-state index in [1.807, 2.05) is 6.07 Å². The molecule has 0 bridgehead atoms. The molecule has 98 valence electrons. The van der Waals surface area contributed by atoms with Gasteiger partial charge in [0.1, 0.15) is 0 Å². The lowest BCUT2D eigenvalue weighted by atomic mass is 9.98. The van der Waals surface area contributed by atoms with E-state index in [4.69, 9.17) is 0 Å². The highest BCUT2D eigenvalue weighted by Gasteiger charge is 2.21. The molecule has 2 rings (SSSR count). The average Bonchev–Trinajstić information content (AvgIpc) is 2.93. The van der Waals surface area contributed by atoms with Gasteiger partial charge in [-0.1, -0.05) is 37.3 Å². The van der Waals surface area contributed by atoms with E-state index >= 15 is 0 Å². The molecule has 1 heterocycles. The van der Waals surface area contributed by atoms with Crippen molar-refractivity contribution >= 4 is 5.91 Å². The summed E-state index contributed by atoms with van der Waals surface area (Å²) in [5, 5.41) is 6.24. The number of benzene rings is 1. The van der Waals surface area contributed by atoms with Gasteiger partial charge in [0, 0.05) is 6.54 Å². The van der Waals surface area contributed by atoms with Crippen molar-refractivity contribution in [2.24, 2.45) is 0 Å². The third kappa shape index (κ3) is 3.57. The van der Waals surface area contributed by atoms with Crippen molar-refractivity contribution in [1.29, 1.82) is 0 Å². The van der Waals surface area contributed by atoms with Crippen LogP contribution in [-0.4, -0.2) is 25.0 Å². The second kappa shape index (κ2) is 6.55. The number of amides is 1. The topological polar surface area (TPSA) is 41.1 Å². The van der Waals surface area contributed by atoms with Crippen LogP contribution in [0.25, 0.3) is 0 Å². The zero-order chi connectivity index (χ0) is 12.8. The highest BCUT2D eigenvalue weighted by Crippen LogP contribution is 2.17. The van der Waals surface area contributed by atoms with Crippen molar-refractivity contribution < 1.29 is 4.79 Å². The molecule has 3 nitrogen and oxygen atoms in total. The molecule has 1 aliphatic rings. The highest BCUT2D eigenvalue weighted by molar-refractivity contribution is 5.81. The van der Waals surface area contributed by atoms with Gasteiger partial charge in [-0.2, -0.15) is 0 Å². The van der Waals surface area contributed by atoms with Crippen LogP contribution in [0.15, 0.2) is 30.3 Å². The van der Waals surface area contributed by atoms with Crippen LogP contribution in [0, 0.1) is 0 Å². The Hall–Kier alpha value is -1.35. The lowest BCUT2D eigenvalue weighted by Gasteiger charge is -2.14. The fourth-order valence-electron chi connectivity index (χ4n) is 2.39. The van der Waals surface area contributed by atoms with Gasteiger partial charge in [0.2, 0.25) is 5.91 Å². The first-order valence-electron chi connectivity index (χ1n) is 6.83. The molecule has 1 aromatic rings. The van der Waals surface area contributed by atoms with E-state index in [0.29, 0.717) is 5.92 Å². The maximum absolute atomic E-state index is 11.8.